The van der Waals surface area contributed by atoms with E-state index < -0.39 is 0 Å². The minimum absolute atomic E-state index is 0.585. The van der Waals surface area contributed by atoms with Crippen LogP contribution in [0.1, 0.15) is 12.8 Å². The second kappa shape index (κ2) is 5.65. The van der Waals surface area contributed by atoms with Crippen molar-refractivity contribution in [2.45, 2.75) is 13.3 Å². The quantitative estimate of drug-likeness (QED) is 0.558. The van der Waals surface area contributed by atoms with Gasteiger partial charge < -0.3 is 4.52 Å². The van der Waals surface area contributed by atoms with E-state index in [9.17, 15) is 0 Å². The molecule has 0 unspecified atom stereocenters. The molecular formula is C19H15N3O. The summed E-state index contributed by atoms with van der Waals surface area (Å²) in [6.45, 7) is 1.99. The lowest BCUT2D eigenvalue weighted by atomic mass is 10.0. The highest BCUT2D eigenvalue weighted by Gasteiger charge is 2.09. The molecule has 0 saturated carbocycles. The molecule has 0 atom stereocenters. The molecule has 0 spiro atoms. The molecule has 4 rings (SSSR count). The molecule has 0 aliphatic rings. The van der Waals surface area contributed by atoms with Crippen molar-refractivity contribution in [1.82, 2.24) is 15.1 Å². The van der Waals surface area contributed by atoms with Crippen molar-refractivity contribution < 1.29 is 4.52 Å². The fourth-order valence-electron chi connectivity index (χ4n) is 2.58. The number of nitrogens with zero attached hydrogens (tertiary/aromatic N) is 3. The number of benzene rings is 2. The molecule has 4 heteroatoms. The van der Waals surface area contributed by atoms with Crippen LogP contribution in [-0.4, -0.2) is 15.1 Å². The molecule has 4 nitrogen and oxygen atoms in total. The molecule has 0 radical (unpaired) electrons. The lowest BCUT2D eigenvalue weighted by Gasteiger charge is -2.04. The van der Waals surface area contributed by atoms with Crippen molar-refractivity contribution in [2.75, 3.05) is 0 Å². The predicted molar refractivity (Wildman–Crippen MR) is 89.8 cm³/mol. The topological polar surface area (TPSA) is 51.8 Å². The van der Waals surface area contributed by atoms with Crippen LogP contribution in [0.3, 0.4) is 0 Å². The van der Waals surface area contributed by atoms with E-state index in [0.717, 1.165) is 22.9 Å². The summed E-state index contributed by atoms with van der Waals surface area (Å²) in [5, 5.41) is 5.08. The van der Waals surface area contributed by atoms with Crippen molar-refractivity contribution in [3.63, 3.8) is 0 Å². The summed E-state index contributed by atoms with van der Waals surface area (Å²) in [6.07, 6.45) is 2.51. The zero-order valence-electron chi connectivity index (χ0n) is 12.7. The number of aromatic nitrogens is 3. The van der Waals surface area contributed by atoms with Gasteiger partial charge in [0.05, 0.1) is 5.52 Å². The van der Waals surface area contributed by atoms with Crippen molar-refractivity contribution in [1.29, 1.82) is 0 Å². The fourth-order valence-corrected chi connectivity index (χ4v) is 2.58. The van der Waals surface area contributed by atoms with E-state index in [-0.39, 0.29) is 0 Å². The van der Waals surface area contributed by atoms with Crippen LogP contribution in [0.2, 0.25) is 0 Å². The van der Waals surface area contributed by atoms with Gasteiger partial charge in [-0.05, 0) is 29.3 Å². The van der Waals surface area contributed by atoms with Crippen LogP contribution < -0.4 is 0 Å². The molecule has 0 N–H and O–H groups in total. The van der Waals surface area contributed by atoms with E-state index in [1.165, 1.54) is 11.1 Å². The van der Waals surface area contributed by atoms with E-state index in [0.29, 0.717) is 11.7 Å². The van der Waals surface area contributed by atoms with Crippen molar-refractivity contribution in [2.24, 2.45) is 0 Å². The minimum atomic E-state index is 0.585. The summed E-state index contributed by atoms with van der Waals surface area (Å²) in [6, 6.07) is 18.6. The molecule has 0 aliphatic carbocycles. The largest absolute Gasteiger partial charge is 0.339 e. The van der Waals surface area contributed by atoms with Gasteiger partial charge in [0, 0.05) is 23.6 Å². The number of hydrogen-bond acceptors (Lipinski definition) is 4. The lowest BCUT2D eigenvalue weighted by Crippen LogP contribution is -1.86. The monoisotopic (exact) mass is 301 g/mol. The number of rotatable bonds is 3. The molecule has 2 heterocycles. The van der Waals surface area contributed by atoms with Crippen LogP contribution in [0, 0.1) is 0 Å². The maximum absolute atomic E-state index is 5.18. The average Bonchev–Trinajstić information content (AvgIpc) is 3.11. The van der Waals surface area contributed by atoms with Gasteiger partial charge in [-0.15, -0.1) is 0 Å². The van der Waals surface area contributed by atoms with Crippen molar-refractivity contribution >= 4 is 10.9 Å². The smallest absolute Gasteiger partial charge is 0.226 e. The molecule has 4 aromatic rings. The third kappa shape index (κ3) is 2.59. The van der Waals surface area contributed by atoms with Crippen LogP contribution in [0.25, 0.3) is 33.4 Å². The van der Waals surface area contributed by atoms with Gasteiger partial charge in [-0.25, -0.2) is 0 Å². The Morgan fingerprint density at radius 2 is 1.74 bits per heavy atom. The van der Waals surface area contributed by atoms with Crippen LogP contribution in [0.4, 0.5) is 0 Å². The summed E-state index contributed by atoms with van der Waals surface area (Å²) in [4.78, 5) is 8.87. The van der Waals surface area contributed by atoms with Gasteiger partial charge in [0.25, 0.3) is 0 Å². The molecule has 0 saturated heterocycles. The van der Waals surface area contributed by atoms with E-state index in [2.05, 4.69) is 45.5 Å². The highest BCUT2D eigenvalue weighted by Crippen LogP contribution is 2.26. The number of pyridine rings is 1. The van der Waals surface area contributed by atoms with Gasteiger partial charge >= 0.3 is 0 Å². The van der Waals surface area contributed by atoms with Gasteiger partial charge in [-0.2, -0.15) is 4.98 Å². The first-order chi connectivity index (χ1) is 11.3. The molecule has 0 aliphatic heterocycles. The Labute approximate surface area is 133 Å². The highest BCUT2D eigenvalue weighted by molar-refractivity contribution is 5.87. The molecule has 0 fully saturated rings. The molecule has 112 valence electrons. The van der Waals surface area contributed by atoms with E-state index >= 15 is 0 Å². The Kier molecular flexibility index (Phi) is 3.35. The van der Waals surface area contributed by atoms with Crippen LogP contribution in [-0.2, 0) is 6.42 Å². The van der Waals surface area contributed by atoms with Crippen LogP contribution >= 0.6 is 0 Å². The summed E-state index contributed by atoms with van der Waals surface area (Å²) in [5.41, 5.74) is 4.17. The summed E-state index contributed by atoms with van der Waals surface area (Å²) in [5.74, 6) is 1.22. The Morgan fingerprint density at radius 1 is 0.913 bits per heavy atom. The standard InChI is InChI=1S/C19H15N3O/c1-2-18-21-19(22-23-18)16-11-15-10-14(8-9-17(15)20-12-16)13-6-4-3-5-7-13/h3-12H,2H2,1H3. The minimum Gasteiger partial charge on any atom is -0.339 e. The molecule has 0 amide bonds. The third-order valence-corrected chi connectivity index (χ3v) is 3.82. The average molecular weight is 301 g/mol. The first-order valence-corrected chi connectivity index (χ1v) is 7.61. The van der Waals surface area contributed by atoms with Crippen LogP contribution in [0.15, 0.2) is 65.3 Å². The van der Waals surface area contributed by atoms with E-state index in [1.807, 2.05) is 31.2 Å². The second-order valence-corrected chi connectivity index (χ2v) is 5.36. The summed E-state index contributed by atoms with van der Waals surface area (Å²) >= 11 is 0. The van der Waals surface area contributed by atoms with Crippen molar-refractivity contribution in [3.8, 4) is 22.5 Å². The van der Waals surface area contributed by atoms with Gasteiger partial charge in [-0.3, -0.25) is 4.98 Å². The Balaban J connectivity index is 1.80. The van der Waals surface area contributed by atoms with E-state index in [4.69, 9.17) is 4.52 Å². The Bertz CT molecular complexity index is 961. The van der Waals surface area contributed by atoms with E-state index in [1.54, 1.807) is 6.20 Å². The normalized spacial score (nSPS) is 11.0. The van der Waals surface area contributed by atoms with Gasteiger partial charge in [0.1, 0.15) is 0 Å². The van der Waals surface area contributed by atoms with Gasteiger partial charge in [-0.1, -0.05) is 48.5 Å². The molecular weight excluding hydrogens is 286 g/mol. The first kappa shape index (κ1) is 13.6. The predicted octanol–water partition coefficient (Wildman–Crippen LogP) is 4.51. The Morgan fingerprint density at radius 3 is 2.52 bits per heavy atom. The van der Waals surface area contributed by atoms with Gasteiger partial charge in [0.2, 0.25) is 11.7 Å². The second-order valence-electron chi connectivity index (χ2n) is 5.36. The fraction of sp³-hybridized carbons (Fsp3) is 0.105. The summed E-state index contributed by atoms with van der Waals surface area (Å²) < 4.78 is 5.18. The molecule has 2 aromatic carbocycles. The molecule has 0 bridgehead atoms. The number of fused-ring (bicyclic) bond motifs is 1. The maximum atomic E-state index is 5.18. The zero-order valence-corrected chi connectivity index (χ0v) is 12.7. The lowest BCUT2D eigenvalue weighted by molar-refractivity contribution is 0.383. The highest BCUT2D eigenvalue weighted by atomic mass is 16.5. The summed E-state index contributed by atoms with van der Waals surface area (Å²) in [7, 11) is 0. The molecule has 2 aromatic heterocycles. The van der Waals surface area contributed by atoms with Crippen molar-refractivity contribution in [3.05, 3.63) is 66.7 Å². The number of aryl methyl sites for hydroxylation is 1. The third-order valence-electron chi connectivity index (χ3n) is 3.82. The maximum Gasteiger partial charge on any atom is 0.226 e. The van der Waals surface area contributed by atoms with Gasteiger partial charge in [0.15, 0.2) is 0 Å². The SMILES string of the molecule is CCc1nc(-c2cnc3ccc(-c4ccccc4)cc3c2)no1. The zero-order chi connectivity index (χ0) is 15.6. The number of hydrogen-bond donors (Lipinski definition) is 0. The Hall–Kier alpha value is -3.01. The first-order valence-electron chi connectivity index (χ1n) is 7.61. The van der Waals surface area contributed by atoms with Crippen LogP contribution in [0.5, 0.6) is 0 Å². The molecule has 23 heavy (non-hydrogen) atoms.